The molecule has 1 heterocycles. The molecular weight excluding hydrogens is 404 g/mol. The Kier molecular flexibility index (Phi) is 8.08. The van der Waals surface area contributed by atoms with Crippen LogP contribution in [0.3, 0.4) is 0 Å². The monoisotopic (exact) mass is 434 g/mol. The van der Waals surface area contributed by atoms with Gasteiger partial charge in [-0.1, -0.05) is 74.4 Å². The summed E-state index contributed by atoms with van der Waals surface area (Å²) >= 11 is 0. The van der Waals surface area contributed by atoms with E-state index in [2.05, 4.69) is 52.7 Å². The molecule has 6 nitrogen and oxygen atoms in total. The molecule has 0 radical (unpaired) electrons. The Bertz CT molecular complexity index is 1040. The second-order valence-corrected chi connectivity index (χ2v) is 7.95. The van der Waals surface area contributed by atoms with Crippen molar-refractivity contribution in [2.45, 2.75) is 37.5 Å². The van der Waals surface area contributed by atoms with Crippen molar-refractivity contribution in [1.29, 1.82) is 0 Å². The molecule has 2 amide bonds. The highest BCUT2D eigenvalue weighted by Gasteiger charge is 2.34. The molecule has 0 saturated heterocycles. The van der Waals surface area contributed by atoms with Gasteiger partial charge < -0.3 is 20.2 Å². The van der Waals surface area contributed by atoms with Crippen LogP contribution in [0.2, 0.25) is 0 Å². The van der Waals surface area contributed by atoms with Crippen molar-refractivity contribution in [1.82, 2.24) is 5.32 Å². The molecule has 6 heteroatoms. The molecule has 2 aromatic carbocycles. The van der Waals surface area contributed by atoms with Crippen LogP contribution >= 0.6 is 0 Å². The van der Waals surface area contributed by atoms with Crippen molar-refractivity contribution < 1.29 is 18.7 Å². The first-order valence-electron chi connectivity index (χ1n) is 10.9. The van der Waals surface area contributed by atoms with E-state index < -0.39 is 6.09 Å². The number of rotatable bonds is 6. The van der Waals surface area contributed by atoms with Crippen molar-refractivity contribution in [3.8, 4) is 0 Å². The number of furan rings is 1. The molecule has 1 aliphatic carbocycles. The molecule has 1 saturated carbocycles. The van der Waals surface area contributed by atoms with Gasteiger partial charge in [0.15, 0.2) is 0 Å². The lowest BCUT2D eigenvalue weighted by Crippen LogP contribution is -2.42. The largest absolute Gasteiger partial charge is 0.464 e. The van der Waals surface area contributed by atoms with Crippen molar-refractivity contribution in [2.24, 2.45) is 5.73 Å². The van der Waals surface area contributed by atoms with E-state index in [9.17, 15) is 9.59 Å². The molecule has 3 N–H and O–H groups in total. The summed E-state index contributed by atoms with van der Waals surface area (Å²) in [5.74, 6) is -0.0542. The van der Waals surface area contributed by atoms with Gasteiger partial charge in [0.2, 0.25) is 0 Å². The second kappa shape index (κ2) is 11.2. The van der Waals surface area contributed by atoms with Gasteiger partial charge in [-0.2, -0.15) is 0 Å². The lowest BCUT2D eigenvalue weighted by molar-refractivity contribution is 0.0937. The van der Waals surface area contributed by atoms with E-state index >= 15 is 0 Å². The van der Waals surface area contributed by atoms with Crippen molar-refractivity contribution in [3.63, 3.8) is 0 Å². The smallest absolute Gasteiger partial charge is 0.404 e. The summed E-state index contributed by atoms with van der Waals surface area (Å²) in [5, 5.41) is 4.15. The van der Waals surface area contributed by atoms with Crippen LogP contribution < -0.4 is 11.1 Å². The SMILES string of the molecule is C=CCOC(N)=O.O=C(NCC1(c2ccccc2)CCCCC1)c1cccc2ccoc12. The number of amides is 2. The Hall–Kier alpha value is -3.54. The van der Waals surface area contributed by atoms with Gasteiger partial charge >= 0.3 is 6.09 Å². The summed E-state index contributed by atoms with van der Waals surface area (Å²) in [5.41, 5.74) is 7.23. The van der Waals surface area contributed by atoms with Crippen LogP contribution in [-0.2, 0) is 10.2 Å². The first-order valence-corrected chi connectivity index (χ1v) is 10.9. The number of benzene rings is 2. The summed E-state index contributed by atoms with van der Waals surface area (Å²) in [7, 11) is 0. The summed E-state index contributed by atoms with van der Waals surface area (Å²) < 4.78 is 9.72. The van der Waals surface area contributed by atoms with Crippen LogP contribution in [-0.4, -0.2) is 25.2 Å². The molecule has 32 heavy (non-hydrogen) atoms. The molecule has 1 fully saturated rings. The molecule has 1 aromatic heterocycles. The van der Waals surface area contributed by atoms with Gasteiger partial charge in [0, 0.05) is 17.3 Å². The van der Waals surface area contributed by atoms with Gasteiger partial charge in [-0.15, -0.1) is 0 Å². The molecule has 3 aromatic rings. The number of fused-ring (bicyclic) bond motifs is 1. The third-order valence-corrected chi connectivity index (χ3v) is 5.85. The van der Waals surface area contributed by atoms with E-state index in [-0.39, 0.29) is 17.9 Å². The summed E-state index contributed by atoms with van der Waals surface area (Å²) in [6.45, 7) is 4.16. The van der Waals surface area contributed by atoms with E-state index in [0.29, 0.717) is 17.7 Å². The topological polar surface area (TPSA) is 94.6 Å². The molecule has 0 aliphatic heterocycles. The van der Waals surface area contributed by atoms with Gasteiger partial charge in [-0.25, -0.2) is 4.79 Å². The number of ether oxygens (including phenoxy) is 1. The van der Waals surface area contributed by atoms with Crippen LogP contribution in [0, 0.1) is 0 Å². The van der Waals surface area contributed by atoms with Crippen molar-refractivity contribution in [2.75, 3.05) is 13.2 Å². The number of nitrogens with two attached hydrogens (primary N) is 1. The number of hydrogen-bond acceptors (Lipinski definition) is 4. The minimum absolute atomic E-state index is 0.0478. The maximum atomic E-state index is 12.8. The predicted octanol–water partition coefficient (Wildman–Crippen LogP) is 5.33. The Balaban J connectivity index is 0.000000360. The predicted molar refractivity (Wildman–Crippen MR) is 125 cm³/mol. The molecule has 168 valence electrons. The third-order valence-electron chi connectivity index (χ3n) is 5.85. The molecule has 0 bridgehead atoms. The van der Waals surface area contributed by atoms with E-state index in [0.717, 1.165) is 18.2 Å². The van der Waals surface area contributed by atoms with E-state index in [1.54, 1.807) is 6.26 Å². The molecule has 4 rings (SSSR count). The van der Waals surface area contributed by atoms with Gasteiger partial charge in [0.1, 0.15) is 12.2 Å². The Labute approximate surface area is 188 Å². The minimum atomic E-state index is -0.764. The van der Waals surface area contributed by atoms with Crippen molar-refractivity contribution >= 4 is 23.0 Å². The zero-order chi connectivity index (χ0) is 22.8. The van der Waals surface area contributed by atoms with Crippen LogP contribution in [0.15, 0.2) is 77.9 Å². The quantitative estimate of drug-likeness (QED) is 0.513. The number of carbonyl (C=O) groups is 2. The Morgan fingerprint density at radius 2 is 1.81 bits per heavy atom. The highest BCUT2D eigenvalue weighted by atomic mass is 16.5. The fraction of sp³-hybridized carbons (Fsp3) is 0.308. The average Bonchev–Trinajstić information content (AvgIpc) is 3.32. The first kappa shape index (κ1) is 23.1. The molecule has 0 atom stereocenters. The molecule has 1 aliphatic rings. The Morgan fingerprint density at radius 1 is 1.06 bits per heavy atom. The van der Waals surface area contributed by atoms with E-state index in [1.165, 1.54) is 30.9 Å². The Morgan fingerprint density at radius 3 is 2.47 bits per heavy atom. The van der Waals surface area contributed by atoms with Crippen LogP contribution in [0.25, 0.3) is 11.0 Å². The van der Waals surface area contributed by atoms with Gasteiger partial charge in [-0.05, 0) is 30.5 Å². The first-order chi connectivity index (χ1) is 15.6. The van der Waals surface area contributed by atoms with E-state index in [1.807, 2.05) is 24.3 Å². The number of primary amides is 1. The van der Waals surface area contributed by atoms with Gasteiger partial charge in [-0.3, -0.25) is 4.79 Å². The molecule has 0 spiro atoms. The molecular formula is C26H30N2O4. The minimum Gasteiger partial charge on any atom is -0.464 e. The fourth-order valence-electron chi connectivity index (χ4n) is 4.25. The summed E-state index contributed by atoms with van der Waals surface area (Å²) in [4.78, 5) is 22.5. The van der Waals surface area contributed by atoms with E-state index in [4.69, 9.17) is 4.42 Å². The van der Waals surface area contributed by atoms with Crippen LogP contribution in [0.4, 0.5) is 4.79 Å². The van der Waals surface area contributed by atoms with Gasteiger partial charge in [0.05, 0.1) is 11.8 Å². The summed E-state index contributed by atoms with van der Waals surface area (Å²) in [6, 6.07) is 18.2. The second-order valence-electron chi connectivity index (χ2n) is 7.95. The maximum absolute atomic E-state index is 12.8. The zero-order valence-corrected chi connectivity index (χ0v) is 18.2. The van der Waals surface area contributed by atoms with Crippen LogP contribution in [0.5, 0.6) is 0 Å². The van der Waals surface area contributed by atoms with Crippen LogP contribution in [0.1, 0.15) is 48.0 Å². The number of hydrogen-bond donors (Lipinski definition) is 2. The normalized spacial score (nSPS) is 14.6. The van der Waals surface area contributed by atoms with Crippen molar-refractivity contribution in [3.05, 3.63) is 84.6 Å². The average molecular weight is 435 g/mol. The highest BCUT2D eigenvalue weighted by Crippen LogP contribution is 2.39. The fourth-order valence-corrected chi connectivity index (χ4v) is 4.25. The standard InChI is InChI=1S/C22H23NO2.C4H7NO2/c24-21(19-11-7-8-17-12-15-25-20(17)19)23-16-22(13-5-2-6-14-22)18-9-3-1-4-10-18;1-2-3-7-4(5)6/h1,3-4,7-12,15H,2,5-6,13-14,16H2,(H,23,24);2H,1,3H2,(H2,5,6). The molecule has 0 unspecified atom stereocenters. The maximum Gasteiger partial charge on any atom is 0.404 e. The lowest BCUT2D eigenvalue weighted by Gasteiger charge is -2.38. The third kappa shape index (κ3) is 5.78. The number of para-hydroxylation sites is 1. The zero-order valence-electron chi connectivity index (χ0n) is 18.2. The highest BCUT2D eigenvalue weighted by molar-refractivity contribution is 6.04. The van der Waals surface area contributed by atoms with Gasteiger partial charge in [0.25, 0.3) is 5.91 Å². The lowest BCUT2D eigenvalue weighted by atomic mass is 9.69. The number of nitrogens with one attached hydrogen (secondary N) is 1. The summed E-state index contributed by atoms with van der Waals surface area (Å²) in [6.07, 6.45) is 8.30. The number of carbonyl (C=O) groups excluding carboxylic acids is 2.